The third-order valence-electron chi connectivity index (χ3n) is 3.01. The van der Waals surface area contributed by atoms with Crippen LogP contribution in [0.1, 0.15) is 11.5 Å². The Kier molecular flexibility index (Phi) is 3.47. The Bertz CT molecular complexity index is 453. The highest BCUT2D eigenvalue weighted by molar-refractivity contribution is 6.42. The lowest BCUT2D eigenvalue weighted by Gasteiger charge is -2.14. The van der Waals surface area contributed by atoms with E-state index in [0.717, 1.165) is 5.56 Å². The number of nitrogens with two attached hydrogens (primary N) is 1. The molecule has 4 nitrogen and oxygen atoms in total. The largest absolute Gasteiger partial charge is 0.465 e. The second-order valence-electron chi connectivity index (χ2n) is 4.13. The van der Waals surface area contributed by atoms with E-state index in [-0.39, 0.29) is 12.0 Å². The van der Waals surface area contributed by atoms with Crippen LogP contribution in [0.15, 0.2) is 18.2 Å². The summed E-state index contributed by atoms with van der Waals surface area (Å²) in [4.78, 5) is 12.2. The molecule has 0 aromatic heterocycles. The van der Waals surface area contributed by atoms with Gasteiger partial charge in [0.05, 0.1) is 10.0 Å². The second kappa shape index (κ2) is 4.72. The van der Waals surface area contributed by atoms with Gasteiger partial charge in [-0.25, -0.2) is 4.79 Å². The Labute approximate surface area is 109 Å². The van der Waals surface area contributed by atoms with Gasteiger partial charge in [0.15, 0.2) is 0 Å². The predicted octanol–water partition coefficient (Wildman–Crippen LogP) is 2.40. The lowest BCUT2D eigenvalue weighted by atomic mass is 9.95. The van der Waals surface area contributed by atoms with Crippen molar-refractivity contribution in [3.63, 3.8) is 0 Å². The van der Waals surface area contributed by atoms with Gasteiger partial charge in [-0.15, -0.1) is 0 Å². The Morgan fingerprint density at radius 3 is 2.59 bits per heavy atom. The van der Waals surface area contributed by atoms with Crippen molar-refractivity contribution < 1.29 is 9.90 Å². The van der Waals surface area contributed by atoms with Crippen LogP contribution in [-0.4, -0.2) is 35.2 Å². The average Bonchev–Trinajstić information content (AvgIpc) is 2.65. The Morgan fingerprint density at radius 2 is 2.06 bits per heavy atom. The van der Waals surface area contributed by atoms with Crippen molar-refractivity contribution in [2.75, 3.05) is 13.1 Å². The van der Waals surface area contributed by atoms with E-state index in [0.29, 0.717) is 23.1 Å². The minimum Gasteiger partial charge on any atom is -0.465 e. The molecule has 1 heterocycles. The van der Waals surface area contributed by atoms with Crippen LogP contribution in [0.5, 0.6) is 0 Å². The minimum atomic E-state index is -0.942. The van der Waals surface area contributed by atoms with E-state index in [1.54, 1.807) is 12.1 Å². The Morgan fingerprint density at radius 1 is 1.35 bits per heavy atom. The lowest BCUT2D eigenvalue weighted by Crippen LogP contribution is -2.31. The van der Waals surface area contributed by atoms with Gasteiger partial charge in [-0.2, -0.15) is 0 Å². The highest BCUT2D eigenvalue weighted by atomic mass is 35.5. The van der Waals surface area contributed by atoms with Crippen molar-refractivity contribution in [3.05, 3.63) is 33.8 Å². The molecule has 0 bridgehead atoms. The molecule has 0 aliphatic carbocycles. The molecule has 0 unspecified atom stereocenters. The minimum absolute atomic E-state index is 0.0270. The fourth-order valence-electron chi connectivity index (χ4n) is 2.08. The smallest absolute Gasteiger partial charge is 0.407 e. The molecule has 0 saturated carbocycles. The topological polar surface area (TPSA) is 66.6 Å². The first-order valence-corrected chi connectivity index (χ1v) is 5.93. The number of carbonyl (C=O) groups is 1. The van der Waals surface area contributed by atoms with Crippen molar-refractivity contribution >= 4 is 29.3 Å². The SMILES string of the molecule is N[C@H]1CN(C(=O)O)C[C@@H]1c1ccc(Cl)c(Cl)c1. The summed E-state index contributed by atoms with van der Waals surface area (Å²) in [7, 11) is 0. The van der Waals surface area contributed by atoms with Crippen LogP contribution >= 0.6 is 23.2 Å². The molecule has 1 saturated heterocycles. The van der Waals surface area contributed by atoms with Crippen LogP contribution in [0.3, 0.4) is 0 Å². The molecule has 2 atom stereocenters. The maximum absolute atomic E-state index is 10.9. The zero-order valence-corrected chi connectivity index (χ0v) is 10.4. The summed E-state index contributed by atoms with van der Waals surface area (Å²) in [5.74, 6) is -0.0270. The summed E-state index contributed by atoms with van der Waals surface area (Å²) in [6, 6.07) is 5.09. The third kappa shape index (κ3) is 2.49. The van der Waals surface area contributed by atoms with E-state index in [1.165, 1.54) is 4.90 Å². The first-order valence-electron chi connectivity index (χ1n) is 5.17. The molecule has 1 fully saturated rings. The molecule has 92 valence electrons. The van der Waals surface area contributed by atoms with Crippen LogP contribution in [0.25, 0.3) is 0 Å². The van der Waals surface area contributed by atoms with E-state index in [1.807, 2.05) is 6.07 Å². The number of benzene rings is 1. The van der Waals surface area contributed by atoms with Gasteiger partial charge in [-0.1, -0.05) is 29.3 Å². The summed E-state index contributed by atoms with van der Waals surface area (Å²) in [6.07, 6.45) is -0.942. The van der Waals surface area contributed by atoms with E-state index in [4.69, 9.17) is 34.0 Å². The first kappa shape index (κ1) is 12.5. The zero-order valence-electron chi connectivity index (χ0n) is 8.94. The van der Waals surface area contributed by atoms with Crippen molar-refractivity contribution in [1.29, 1.82) is 0 Å². The van der Waals surface area contributed by atoms with Crippen LogP contribution in [0.2, 0.25) is 10.0 Å². The van der Waals surface area contributed by atoms with E-state index in [2.05, 4.69) is 0 Å². The molecule has 6 heteroatoms. The first-order chi connectivity index (χ1) is 7.99. The molecular weight excluding hydrogens is 263 g/mol. The maximum atomic E-state index is 10.9. The summed E-state index contributed by atoms with van der Waals surface area (Å²) in [5, 5.41) is 9.86. The third-order valence-corrected chi connectivity index (χ3v) is 3.75. The Balaban J connectivity index is 2.22. The maximum Gasteiger partial charge on any atom is 0.407 e. The Hall–Kier alpha value is -0.970. The number of likely N-dealkylation sites (tertiary alicyclic amines) is 1. The highest BCUT2D eigenvalue weighted by Gasteiger charge is 2.33. The molecule has 17 heavy (non-hydrogen) atoms. The lowest BCUT2D eigenvalue weighted by molar-refractivity contribution is 0.154. The number of nitrogens with zero attached hydrogens (tertiary/aromatic N) is 1. The van der Waals surface area contributed by atoms with Crippen LogP contribution < -0.4 is 5.73 Å². The van der Waals surface area contributed by atoms with Gasteiger partial charge in [-0.05, 0) is 17.7 Å². The van der Waals surface area contributed by atoms with E-state index < -0.39 is 6.09 Å². The number of rotatable bonds is 1. The number of hydrogen-bond donors (Lipinski definition) is 2. The van der Waals surface area contributed by atoms with Crippen molar-refractivity contribution in [2.24, 2.45) is 5.73 Å². The monoisotopic (exact) mass is 274 g/mol. The highest BCUT2D eigenvalue weighted by Crippen LogP contribution is 2.31. The summed E-state index contributed by atoms with van der Waals surface area (Å²) in [5.41, 5.74) is 6.87. The number of hydrogen-bond acceptors (Lipinski definition) is 2. The molecule has 1 aliphatic heterocycles. The van der Waals surface area contributed by atoms with Gasteiger partial charge in [-0.3, -0.25) is 0 Å². The molecule has 0 radical (unpaired) electrons. The molecule has 3 N–H and O–H groups in total. The average molecular weight is 275 g/mol. The van der Waals surface area contributed by atoms with Gasteiger partial charge >= 0.3 is 6.09 Å². The summed E-state index contributed by atoms with van der Waals surface area (Å²) >= 11 is 11.8. The number of halogens is 2. The van der Waals surface area contributed by atoms with Gasteiger partial charge in [0.1, 0.15) is 0 Å². The quantitative estimate of drug-likeness (QED) is 0.827. The molecule has 1 aliphatic rings. The van der Waals surface area contributed by atoms with Gasteiger partial charge in [0, 0.05) is 25.0 Å². The molecule has 1 aromatic carbocycles. The normalized spacial score (nSPS) is 24.1. The molecule has 0 spiro atoms. The molecule has 1 aromatic rings. The van der Waals surface area contributed by atoms with Gasteiger partial charge < -0.3 is 15.7 Å². The van der Waals surface area contributed by atoms with E-state index >= 15 is 0 Å². The van der Waals surface area contributed by atoms with E-state index in [9.17, 15) is 4.79 Å². The second-order valence-corrected chi connectivity index (χ2v) is 4.95. The van der Waals surface area contributed by atoms with Gasteiger partial charge in [0.2, 0.25) is 0 Å². The number of carboxylic acid groups (broad SMARTS) is 1. The molecule has 1 amide bonds. The summed E-state index contributed by atoms with van der Waals surface area (Å²) in [6.45, 7) is 0.745. The van der Waals surface area contributed by atoms with Crippen LogP contribution in [-0.2, 0) is 0 Å². The predicted molar refractivity (Wildman–Crippen MR) is 66.8 cm³/mol. The molecular formula is C11H12Cl2N2O2. The van der Waals surface area contributed by atoms with Crippen LogP contribution in [0, 0.1) is 0 Å². The van der Waals surface area contributed by atoms with Gasteiger partial charge in [0.25, 0.3) is 0 Å². The van der Waals surface area contributed by atoms with Crippen molar-refractivity contribution in [3.8, 4) is 0 Å². The standard InChI is InChI=1S/C11H12Cl2N2O2/c12-8-2-1-6(3-9(8)13)7-4-15(11(16)17)5-10(7)14/h1-3,7,10H,4-5,14H2,(H,16,17)/t7-,10+/m1/s1. The molecule has 2 rings (SSSR count). The zero-order chi connectivity index (χ0) is 12.6. The van der Waals surface area contributed by atoms with Crippen molar-refractivity contribution in [2.45, 2.75) is 12.0 Å². The van der Waals surface area contributed by atoms with Crippen molar-refractivity contribution in [1.82, 2.24) is 4.90 Å². The fourth-order valence-corrected chi connectivity index (χ4v) is 2.39. The number of amides is 1. The van der Waals surface area contributed by atoms with Crippen LogP contribution in [0.4, 0.5) is 4.79 Å². The fraction of sp³-hybridized carbons (Fsp3) is 0.364. The summed E-state index contributed by atoms with van der Waals surface area (Å²) < 4.78 is 0.